The molecule has 0 atom stereocenters. The zero-order valence-electron chi connectivity index (χ0n) is 12.8. The molecule has 0 aromatic carbocycles. The Kier molecular flexibility index (Phi) is 19.9. The molecule has 0 N–H and O–H groups in total. The Morgan fingerprint density at radius 2 is 0.950 bits per heavy atom. The summed E-state index contributed by atoms with van der Waals surface area (Å²) in [6, 6.07) is 0. The molecule has 0 aliphatic heterocycles. The summed E-state index contributed by atoms with van der Waals surface area (Å²) in [4.78, 5) is 17.4. The molecule has 122 valence electrons. The van der Waals surface area contributed by atoms with Gasteiger partial charge in [-0.2, -0.15) is 25.2 Å². The maximum absolute atomic E-state index is 8.68. The predicted octanol–water partition coefficient (Wildman–Crippen LogP) is 4.83. The molecule has 0 bridgehead atoms. The van der Waals surface area contributed by atoms with E-state index >= 15 is 0 Å². The largest absolute Gasteiger partial charge is 0.542 e. The number of rotatable bonds is 2. The van der Waals surface area contributed by atoms with Gasteiger partial charge in [0.2, 0.25) is 0 Å². The van der Waals surface area contributed by atoms with Crippen LogP contribution in [0, 0.1) is 0 Å². The van der Waals surface area contributed by atoms with Crippen molar-refractivity contribution in [3.63, 3.8) is 0 Å². The van der Waals surface area contributed by atoms with Crippen LogP contribution in [0.3, 0.4) is 0 Å². The average molecular weight is 390 g/mol. The Morgan fingerprint density at radius 1 is 0.700 bits per heavy atom. The molecule has 2 aliphatic rings. The van der Waals surface area contributed by atoms with Crippen LogP contribution in [0.5, 0.6) is 0 Å². The predicted molar refractivity (Wildman–Crippen MR) is 83.4 cm³/mol. The van der Waals surface area contributed by atoms with Gasteiger partial charge in [-0.25, -0.2) is 0 Å². The molecule has 0 heterocycles. The third-order valence-corrected chi connectivity index (χ3v) is 5.45. The third-order valence-electron chi connectivity index (χ3n) is 3.57. The van der Waals surface area contributed by atoms with Crippen molar-refractivity contribution in [2.24, 2.45) is 0 Å². The van der Waals surface area contributed by atoms with Gasteiger partial charge in [0, 0.05) is 20.4 Å². The topological polar surface area (TPSA) is 34.1 Å². The van der Waals surface area contributed by atoms with Gasteiger partial charge >= 0.3 is 0 Å². The van der Waals surface area contributed by atoms with Crippen molar-refractivity contribution < 1.29 is 30.0 Å². The van der Waals surface area contributed by atoms with Crippen LogP contribution < -0.4 is 0 Å². The van der Waals surface area contributed by atoms with Crippen molar-refractivity contribution in [2.75, 3.05) is 0 Å². The van der Waals surface area contributed by atoms with Gasteiger partial charge in [0.15, 0.2) is 0 Å². The number of carbonyl (C=O) groups excluding carboxylic acids is 2. The molecule has 2 nitrogen and oxygen atoms in total. The van der Waals surface area contributed by atoms with Crippen LogP contribution in [0.15, 0.2) is 0 Å². The second-order valence-electron chi connectivity index (χ2n) is 5.14. The normalized spacial score (nSPS) is 19.3. The van der Waals surface area contributed by atoms with Gasteiger partial charge in [0.25, 0.3) is 0 Å². The first-order chi connectivity index (χ1) is 9.28. The van der Waals surface area contributed by atoms with Crippen LogP contribution in [-0.2, 0) is 30.0 Å². The van der Waals surface area contributed by atoms with Crippen LogP contribution >= 0.6 is 8.58 Å². The summed E-state index contributed by atoms with van der Waals surface area (Å²) in [5.41, 5.74) is 2.19. The first kappa shape index (κ1) is 22.7. The maximum atomic E-state index is 8.68. The summed E-state index contributed by atoms with van der Waals surface area (Å²) in [6.07, 6.45) is 18.3. The summed E-state index contributed by atoms with van der Waals surface area (Å²) in [7, 11) is 1.84. The average Bonchev–Trinajstić information content (AvgIpc) is 2.43. The standard InChI is InChI=1S/C12H22P.2C2H3O.Pd/c1-3-7-11(8-4-1)13-12-9-5-2-6-10-12;2*1-2-3;/h11-12H,1-10H2;2*1H3;/q3*-1;. The van der Waals surface area contributed by atoms with Crippen LogP contribution in [0.25, 0.3) is 0 Å². The first-order valence-corrected chi connectivity index (χ1v) is 8.59. The molecule has 0 radical (unpaired) electrons. The van der Waals surface area contributed by atoms with Crippen molar-refractivity contribution in [2.45, 2.75) is 89.4 Å². The summed E-state index contributed by atoms with van der Waals surface area (Å²) < 4.78 is 0. The zero-order chi connectivity index (χ0) is 14.3. The molecule has 2 fully saturated rings. The second-order valence-corrected chi connectivity index (χ2v) is 6.90. The van der Waals surface area contributed by atoms with Crippen LogP contribution in [0.2, 0.25) is 0 Å². The van der Waals surface area contributed by atoms with Gasteiger partial charge in [-0.3, -0.25) is 12.6 Å². The maximum Gasteiger partial charge on any atom is 0 e. The van der Waals surface area contributed by atoms with E-state index in [-0.39, 0.29) is 20.4 Å². The Morgan fingerprint density at radius 3 is 1.20 bits per heavy atom. The van der Waals surface area contributed by atoms with Gasteiger partial charge in [-0.05, 0) is 0 Å². The molecule has 2 aliphatic carbocycles. The van der Waals surface area contributed by atoms with E-state index < -0.39 is 0 Å². The monoisotopic (exact) mass is 389 g/mol. The number of hydrogen-bond donors (Lipinski definition) is 0. The molecular formula is C16H28O2PPd-3. The molecule has 0 aromatic heterocycles. The van der Waals surface area contributed by atoms with Crippen molar-refractivity contribution in [1.29, 1.82) is 0 Å². The van der Waals surface area contributed by atoms with Crippen LogP contribution in [0.4, 0.5) is 0 Å². The SMILES string of the molecule is C1CCC([P-]C2CCCCC2)CC1.C[C-]=O.C[C-]=O.[Pd]. The number of hydrogen-bond acceptors (Lipinski definition) is 2. The van der Waals surface area contributed by atoms with Crippen LogP contribution in [-0.4, -0.2) is 23.9 Å². The van der Waals surface area contributed by atoms with E-state index in [1.165, 1.54) is 90.6 Å². The van der Waals surface area contributed by atoms with E-state index in [9.17, 15) is 0 Å². The fourth-order valence-corrected chi connectivity index (χ4v) is 4.68. The molecule has 0 amide bonds. The molecule has 0 aromatic rings. The molecule has 4 heteroatoms. The fourth-order valence-electron chi connectivity index (χ4n) is 2.76. The molecule has 2 rings (SSSR count). The smallest absolute Gasteiger partial charge is 0 e. The van der Waals surface area contributed by atoms with Crippen molar-refractivity contribution in [3.8, 4) is 0 Å². The Hall–Kier alpha value is 0.432. The van der Waals surface area contributed by atoms with Gasteiger partial charge in [0.05, 0.1) is 0 Å². The minimum atomic E-state index is 0. The van der Waals surface area contributed by atoms with E-state index in [2.05, 4.69) is 0 Å². The van der Waals surface area contributed by atoms with Gasteiger partial charge in [-0.15, -0.1) is 0 Å². The van der Waals surface area contributed by atoms with E-state index in [0.29, 0.717) is 0 Å². The van der Waals surface area contributed by atoms with E-state index in [0.717, 1.165) is 11.3 Å². The molecule has 20 heavy (non-hydrogen) atoms. The summed E-state index contributed by atoms with van der Waals surface area (Å²) in [6.45, 7) is 2.64. The molecule has 0 spiro atoms. The second kappa shape index (κ2) is 17.5. The minimum absolute atomic E-state index is 0. The zero-order valence-corrected chi connectivity index (χ0v) is 15.3. The fraction of sp³-hybridized carbons (Fsp3) is 0.875. The summed E-state index contributed by atoms with van der Waals surface area (Å²) >= 11 is 0. The van der Waals surface area contributed by atoms with E-state index in [1.807, 2.05) is 8.58 Å². The molecule has 0 unspecified atom stereocenters. The van der Waals surface area contributed by atoms with E-state index in [1.54, 1.807) is 0 Å². The third kappa shape index (κ3) is 13.4. The van der Waals surface area contributed by atoms with Crippen molar-refractivity contribution in [3.05, 3.63) is 0 Å². The van der Waals surface area contributed by atoms with Gasteiger partial charge in [-0.1, -0.05) is 64.2 Å². The van der Waals surface area contributed by atoms with Gasteiger partial charge in [0.1, 0.15) is 0 Å². The Labute approximate surface area is 140 Å². The van der Waals surface area contributed by atoms with Crippen molar-refractivity contribution >= 4 is 21.2 Å². The Balaban J connectivity index is 0. The molecule has 0 saturated heterocycles. The van der Waals surface area contributed by atoms with Gasteiger partial charge < -0.3 is 18.2 Å². The molecule has 2 saturated carbocycles. The molecular weight excluding hydrogens is 362 g/mol. The Bertz CT molecular complexity index is 191. The van der Waals surface area contributed by atoms with Crippen molar-refractivity contribution in [1.82, 2.24) is 0 Å². The summed E-state index contributed by atoms with van der Waals surface area (Å²) in [5, 5.41) is 0. The minimum Gasteiger partial charge on any atom is -0.542 e. The quantitative estimate of drug-likeness (QED) is 0.385. The summed E-state index contributed by atoms with van der Waals surface area (Å²) in [5.74, 6) is 0. The van der Waals surface area contributed by atoms with E-state index in [4.69, 9.17) is 9.59 Å². The first-order valence-electron chi connectivity index (χ1n) is 7.56. The van der Waals surface area contributed by atoms with Crippen LogP contribution in [0.1, 0.15) is 78.1 Å².